The van der Waals surface area contributed by atoms with Gasteiger partial charge in [0, 0.05) is 6.21 Å². The average Bonchev–Trinajstić information content (AvgIpc) is 2.50. The lowest BCUT2D eigenvalue weighted by Crippen LogP contribution is -2.23. The molecule has 0 aliphatic rings. The maximum atomic E-state index is 12.0. The number of carbonyl (C=O) groups is 1. The highest BCUT2D eigenvalue weighted by molar-refractivity contribution is 9.10. The lowest BCUT2D eigenvalue weighted by Gasteiger charge is -2.19. The Morgan fingerprint density at radius 1 is 1.08 bits per heavy atom. The van der Waals surface area contributed by atoms with E-state index >= 15 is 0 Å². The van der Waals surface area contributed by atoms with E-state index in [2.05, 4.69) is 20.9 Å². The Hall–Kier alpha value is -2.34. The number of rotatable bonds is 3. The first kappa shape index (κ1) is 18.0. The quantitative estimate of drug-likeness (QED) is 0.456. The van der Waals surface area contributed by atoms with Crippen molar-refractivity contribution >= 4 is 33.8 Å². The van der Waals surface area contributed by atoms with Crippen LogP contribution in [0, 0.1) is 0 Å². The van der Waals surface area contributed by atoms with Gasteiger partial charge in [-0.15, -0.1) is 0 Å². The molecule has 126 valence electrons. The summed E-state index contributed by atoms with van der Waals surface area (Å²) in [4.78, 5) is 16.2. The molecule has 0 amide bonds. The zero-order chi connectivity index (χ0) is 17.9. The van der Waals surface area contributed by atoms with Gasteiger partial charge in [-0.1, -0.05) is 0 Å². The summed E-state index contributed by atoms with van der Waals surface area (Å²) in [6, 6.07) is 9.35. The smallest absolute Gasteiger partial charge is 0.338 e. The van der Waals surface area contributed by atoms with Crippen LogP contribution in [-0.2, 0) is 4.74 Å². The fourth-order valence-corrected chi connectivity index (χ4v) is 2.29. The first-order valence-electron chi connectivity index (χ1n) is 7.25. The summed E-state index contributed by atoms with van der Waals surface area (Å²) in [6.45, 7) is 5.43. The number of benzene rings is 2. The van der Waals surface area contributed by atoms with E-state index in [0.717, 1.165) is 0 Å². The summed E-state index contributed by atoms with van der Waals surface area (Å²) in [5.74, 6) is -0.394. The van der Waals surface area contributed by atoms with Crippen molar-refractivity contribution in [3.05, 3.63) is 52.0 Å². The summed E-state index contributed by atoms with van der Waals surface area (Å²) in [5, 5.41) is 19.5. The van der Waals surface area contributed by atoms with Crippen LogP contribution in [0.4, 0.5) is 5.69 Å². The van der Waals surface area contributed by atoms with E-state index in [0.29, 0.717) is 21.3 Å². The number of carbonyl (C=O) groups excluding carboxylic acids is 1. The third kappa shape index (κ3) is 4.58. The highest BCUT2D eigenvalue weighted by Gasteiger charge is 2.17. The monoisotopic (exact) mass is 391 g/mol. The minimum atomic E-state index is -0.549. The van der Waals surface area contributed by atoms with Crippen molar-refractivity contribution in [2.45, 2.75) is 26.4 Å². The van der Waals surface area contributed by atoms with Crippen LogP contribution in [0.5, 0.6) is 11.5 Å². The molecule has 2 N–H and O–H groups in total. The van der Waals surface area contributed by atoms with Gasteiger partial charge in [0.1, 0.15) is 17.1 Å². The Morgan fingerprint density at radius 3 is 2.25 bits per heavy atom. The van der Waals surface area contributed by atoms with Gasteiger partial charge >= 0.3 is 5.97 Å². The van der Waals surface area contributed by atoms with E-state index in [1.165, 1.54) is 18.3 Å². The van der Waals surface area contributed by atoms with E-state index < -0.39 is 11.6 Å². The molecule has 6 heteroatoms. The number of aromatic hydroxyl groups is 2. The summed E-state index contributed by atoms with van der Waals surface area (Å²) in [6.07, 6.45) is 1.43. The molecule has 5 nitrogen and oxygen atoms in total. The van der Waals surface area contributed by atoms with Gasteiger partial charge < -0.3 is 14.9 Å². The molecule has 2 aromatic carbocycles. The lowest BCUT2D eigenvalue weighted by atomic mass is 10.1. The number of ether oxygens (including phenoxy) is 1. The fourth-order valence-electron chi connectivity index (χ4n) is 1.85. The molecule has 0 radical (unpaired) electrons. The number of hydrogen-bond acceptors (Lipinski definition) is 5. The summed E-state index contributed by atoms with van der Waals surface area (Å²) >= 11 is 3.20. The molecule has 0 aliphatic heterocycles. The van der Waals surface area contributed by atoms with Crippen molar-refractivity contribution in [2.24, 2.45) is 4.99 Å². The maximum absolute atomic E-state index is 12.0. The van der Waals surface area contributed by atoms with Crippen LogP contribution >= 0.6 is 15.9 Å². The highest BCUT2D eigenvalue weighted by atomic mass is 79.9. The molecule has 0 saturated heterocycles. The third-order valence-corrected chi connectivity index (χ3v) is 3.81. The second-order valence-corrected chi connectivity index (χ2v) is 6.93. The fraction of sp³-hybridized carbons (Fsp3) is 0.222. The van der Waals surface area contributed by atoms with Gasteiger partial charge in [-0.05, 0) is 73.1 Å². The van der Waals surface area contributed by atoms with Crippen molar-refractivity contribution in [2.75, 3.05) is 0 Å². The van der Waals surface area contributed by atoms with Gasteiger partial charge in [-0.3, -0.25) is 4.99 Å². The number of esters is 1. The SMILES string of the molecule is CC(C)(C)OC(=O)c1ccc(N=Cc2c(O)ccc(O)c2Br)cc1. The van der Waals surface area contributed by atoms with Gasteiger partial charge in [0.15, 0.2) is 0 Å². The van der Waals surface area contributed by atoms with Crippen LogP contribution in [-0.4, -0.2) is 28.0 Å². The molecule has 24 heavy (non-hydrogen) atoms. The van der Waals surface area contributed by atoms with E-state index in [1.807, 2.05) is 20.8 Å². The van der Waals surface area contributed by atoms with Crippen LogP contribution in [0.15, 0.2) is 45.9 Å². The van der Waals surface area contributed by atoms with Gasteiger partial charge in [-0.2, -0.15) is 0 Å². The molecular formula is C18H18BrNO4. The minimum Gasteiger partial charge on any atom is -0.507 e. The second kappa shape index (κ2) is 7.05. The first-order valence-corrected chi connectivity index (χ1v) is 8.04. The molecule has 2 aromatic rings. The zero-order valence-electron chi connectivity index (χ0n) is 13.6. The molecule has 0 aromatic heterocycles. The number of aliphatic imine (C=N–C) groups is 1. The second-order valence-electron chi connectivity index (χ2n) is 6.14. The van der Waals surface area contributed by atoms with Crippen LogP contribution < -0.4 is 0 Å². The predicted molar refractivity (Wildman–Crippen MR) is 96.3 cm³/mol. The molecule has 0 fully saturated rings. The van der Waals surface area contributed by atoms with E-state index in [-0.39, 0.29) is 11.5 Å². The molecule has 0 saturated carbocycles. The Morgan fingerprint density at radius 2 is 1.67 bits per heavy atom. The van der Waals surface area contributed by atoms with E-state index in [9.17, 15) is 15.0 Å². The van der Waals surface area contributed by atoms with Crippen LogP contribution in [0.25, 0.3) is 0 Å². The highest BCUT2D eigenvalue weighted by Crippen LogP contribution is 2.32. The standard InChI is InChI=1S/C18H18BrNO4/c1-18(2,3)24-17(23)11-4-6-12(7-5-11)20-10-13-14(21)8-9-15(22)16(13)19/h4-10,21-22H,1-3H3. The number of halogens is 1. The zero-order valence-corrected chi connectivity index (χ0v) is 15.2. The van der Waals surface area contributed by atoms with Gasteiger partial charge in [0.2, 0.25) is 0 Å². The number of phenols is 2. The summed E-state index contributed by atoms with van der Waals surface area (Å²) in [7, 11) is 0. The Labute approximate surface area is 148 Å². The number of nitrogens with zero attached hydrogens (tertiary/aromatic N) is 1. The topological polar surface area (TPSA) is 79.1 Å². The van der Waals surface area contributed by atoms with Gasteiger partial charge in [0.25, 0.3) is 0 Å². The number of phenolic OH excluding ortho intramolecular Hbond substituents is 2. The number of hydrogen-bond donors (Lipinski definition) is 2. The maximum Gasteiger partial charge on any atom is 0.338 e. The van der Waals surface area contributed by atoms with Gasteiger partial charge in [0.05, 0.1) is 21.3 Å². The normalized spacial score (nSPS) is 11.7. The Kier molecular flexibility index (Phi) is 5.29. The van der Waals surface area contributed by atoms with Crippen molar-refractivity contribution in [1.29, 1.82) is 0 Å². The Balaban J connectivity index is 2.18. The lowest BCUT2D eigenvalue weighted by molar-refractivity contribution is 0.00695. The molecule has 0 unspecified atom stereocenters. The van der Waals surface area contributed by atoms with Crippen LogP contribution in [0.1, 0.15) is 36.7 Å². The predicted octanol–water partition coefficient (Wildman–Crippen LogP) is 4.57. The van der Waals surface area contributed by atoms with Crippen molar-refractivity contribution in [3.63, 3.8) is 0 Å². The van der Waals surface area contributed by atoms with E-state index in [4.69, 9.17) is 4.74 Å². The molecule has 0 bridgehead atoms. The van der Waals surface area contributed by atoms with Gasteiger partial charge in [-0.25, -0.2) is 4.79 Å². The Bertz CT molecular complexity index is 777. The largest absolute Gasteiger partial charge is 0.507 e. The molecule has 2 rings (SSSR count). The third-order valence-electron chi connectivity index (χ3n) is 2.98. The molecular weight excluding hydrogens is 374 g/mol. The average molecular weight is 392 g/mol. The van der Waals surface area contributed by atoms with E-state index in [1.54, 1.807) is 24.3 Å². The first-order chi connectivity index (χ1) is 11.2. The molecule has 0 aliphatic carbocycles. The molecule has 0 atom stereocenters. The summed E-state index contributed by atoms with van der Waals surface area (Å²) in [5.41, 5.74) is 0.848. The van der Waals surface area contributed by atoms with Crippen molar-refractivity contribution in [1.82, 2.24) is 0 Å². The van der Waals surface area contributed by atoms with Crippen LogP contribution in [0.2, 0.25) is 0 Å². The minimum absolute atomic E-state index is 0.00574. The molecule has 0 heterocycles. The van der Waals surface area contributed by atoms with Crippen molar-refractivity contribution < 1.29 is 19.7 Å². The van der Waals surface area contributed by atoms with Crippen LogP contribution in [0.3, 0.4) is 0 Å². The summed E-state index contributed by atoms with van der Waals surface area (Å²) < 4.78 is 5.65. The van der Waals surface area contributed by atoms with Crippen molar-refractivity contribution in [3.8, 4) is 11.5 Å². The molecule has 0 spiro atoms.